The second-order valence-electron chi connectivity index (χ2n) is 7.51. The van der Waals surface area contributed by atoms with Gasteiger partial charge in [-0.25, -0.2) is 0 Å². The molecule has 3 nitrogen and oxygen atoms in total. The molecule has 3 heteroatoms. The normalized spacial score (nSPS) is 31.9. The molecule has 0 radical (unpaired) electrons. The topological polar surface area (TPSA) is 38.3 Å². The lowest BCUT2D eigenvalue weighted by atomic mass is 9.71. The lowest BCUT2D eigenvalue weighted by Gasteiger charge is -2.42. The van der Waals surface area contributed by atoms with Crippen LogP contribution in [0.3, 0.4) is 0 Å². The van der Waals surface area contributed by atoms with Gasteiger partial charge in [0, 0.05) is 6.04 Å². The highest BCUT2D eigenvalue weighted by Crippen LogP contribution is 2.38. The van der Waals surface area contributed by atoms with Gasteiger partial charge >= 0.3 is 5.97 Å². The largest absolute Gasteiger partial charge is 0.468 e. The Labute approximate surface area is 130 Å². The van der Waals surface area contributed by atoms with Gasteiger partial charge in [-0.1, -0.05) is 52.4 Å². The second kappa shape index (κ2) is 7.62. The number of rotatable bonds is 4. The van der Waals surface area contributed by atoms with Crippen LogP contribution in [0.15, 0.2) is 0 Å². The minimum Gasteiger partial charge on any atom is -0.468 e. The van der Waals surface area contributed by atoms with Crippen molar-refractivity contribution in [3.05, 3.63) is 0 Å². The van der Waals surface area contributed by atoms with Crippen LogP contribution in [0.1, 0.15) is 78.1 Å². The van der Waals surface area contributed by atoms with E-state index in [2.05, 4.69) is 19.2 Å². The van der Waals surface area contributed by atoms with Gasteiger partial charge in [0.15, 0.2) is 0 Å². The van der Waals surface area contributed by atoms with Crippen LogP contribution in [-0.2, 0) is 9.53 Å². The molecule has 2 saturated carbocycles. The Hall–Kier alpha value is -0.570. The monoisotopic (exact) mass is 295 g/mol. The standard InChI is InChI=1S/C18H33NO2/c1-14(2)15-9-8-12-18(13-15,17(20)21-3)19-16-10-6-4-5-7-11-16/h14-16,19H,4-13H2,1-3H3. The number of methoxy groups -OCH3 is 1. The first-order valence-electron chi connectivity index (χ1n) is 8.93. The minimum absolute atomic E-state index is 0.0305. The van der Waals surface area contributed by atoms with Crippen molar-refractivity contribution in [2.45, 2.75) is 89.6 Å². The van der Waals surface area contributed by atoms with Crippen molar-refractivity contribution in [3.8, 4) is 0 Å². The molecule has 1 N–H and O–H groups in total. The SMILES string of the molecule is COC(=O)C1(NC2CCCCCC2)CCCC(C(C)C)C1. The third-order valence-corrected chi connectivity index (χ3v) is 5.64. The number of nitrogens with one attached hydrogen (secondary N) is 1. The first kappa shape index (κ1) is 16.8. The van der Waals surface area contributed by atoms with Crippen molar-refractivity contribution < 1.29 is 9.53 Å². The van der Waals surface area contributed by atoms with Crippen LogP contribution >= 0.6 is 0 Å². The fraction of sp³-hybridized carbons (Fsp3) is 0.944. The van der Waals surface area contributed by atoms with Crippen LogP contribution in [0.2, 0.25) is 0 Å². The fourth-order valence-corrected chi connectivity index (χ4v) is 4.27. The molecule has 0 heterocycles. The highest BCUT2D eigenvalue weighted by atomic mass is 16.5. The predicted octanol–water partition coefficient (Wildman–Crippen LogP) is 4.06. The molecular formula is C18H33NO2. The Bertz CT molecular complexity index is 334. The molecular weight excluding hydrogens is 262 g/mol. The molecule has 0 aromatic rings. The van der Waals surface area contributed by atoms with E-state index in [1.807, 2.05) is 0 Å². The maximum Gasteiger partial charge on any atom is 0.326 e. The molecule has 0 saturated heterocycles. The molecule has 2 rings (SSSR count). The van der Waals surface area contributed by atoms with Crippen molar-refractivity contribution >= 4 is 5.97 Å². The van der Waals surface area contributed by atoms with Crippen LogP contribution in [-0.4, -0.2) is 24.7 Å². The van der Waals surface area contributed by atoms with Gasteiger partial charge in [-0.3, -0.25) is 10.1 Å². The third-order valence-electron chi connectivity index (χ3n) is 5.64. The number of hydrogen-bond acceptors (Lipinski definition) is 3. The van der Waals surface area contributed by atoms with Gasteiger partial charge in [0.05, 0.1) is 7.11 Å². The Kier molecular flexibility index (Phi) is 6.09. The summed E-state index contributed by atoms with van der Waals surface area (Å²) in [4.78, 5) is 12.5. The number of ether oxygens (including phenoxy) is 1. The van der Waals surface area contributed by atoms with Crippen molar-refractivity contribution in [1.82, 2.24) is 5.32 Å². The predicted molar refractivity (Wildman–Crippen MR) is 86.2 cm³/mol. The summed E-state index contributed by atoms with van der Waals surface area (Å²) in [5, 5.41) is 3.77. The van der Waals surface area contributed by atoms with E-state index in [0.717, 1.165) is 19.3 Å². The number of hydrogen-bond donors (Lipinski definition) is 1. The molecule has 0 bridgehead atoms. The lowest BCUT2D eigenvalue weighted by molar-refractivity contribution is -0.152. The lowest BCUT2D eigenvalue weighted by Crippen LogP contribution is -2.59. The Balaban J connectivity index is 2.10. The van der Waals surface area contributed by atoms with Gasteiger partial charge < -0.3 is 4.74 Å². The van der Waals surface area contributed by atoms with E-state index < -0.39 is 5.54 Å². The van der Waals surface area contributed by atoms with Gasteiger partial charge in [-0.05, 0) is 37.5 Å². The molecule has 0 aromatic carbocycles. The average molecular weight is 295 g/mol. The first-order chi connectivity index (χ1) is 10.1. The molecule has 122 valence electrons. The Morgan fingerprint density at radius 2 is 1.76 bits per heavy atom. The molecule has 2 atom stereocenters. The zero-order valence-electron chi connectivity index (χ0n) is 14.1. The maximum absolute atomic E-state index is 12.5. The van der Waals surface area contributed by atoms with Gasteiger partial charge in [0.25, 0.3) is 0 Å². The zero-order chi connectivity index (χ0) is 15.3. The minimum atomic E-state index is -0.420. The molecule has 0 aliphatic heterocycles. The summed E-state index contributed by atoms with van der Waals surface area (Å²) in [6, 6.07) is 0.498. The quantitative estimate of drug-likeness (QED) is 0.628. The number of esters is 1. The molecule has 0 spiro atoms. The van der Waals surface area contributed by atoms with Gasteiger partial charge in [-0.15, -0.1) is 0 Å². The average Bonchev–Trinajstić information content (AvgIpc) is 2.75. The second-order valence-corrected chi connectivity index (χ2v) is 7.51. The van der Waals surface area contributed by atoms with E-state index in [-0.39, 0.29) is 5.97 Å². The molecule has 2 aliphatic rings. The van der Waals surface area contributed by atoms with E-state index in [0.29, 0.717) is 17.9 Å². The molecule has 21 heavy (non-hydrogen) atoms. The van der Waals surface area contributed by atoms with Crippen molar-refractivity contribution in [2.24, 2.45) is 11.8 Å². The third kappa shape index (κ3) is 4.21. The van der Waals surface area contributed by atoms with Gasteiger partial charge in [0.2, 0.25) is 0 Å². The Morgan fingerprint density at radius 3 is 2.33 bits per heavy atom. The summed E-state index contributed by atoms with van der Waals surface area (Å²) in [5.41, 5.74) is -0.420. The van der Waals surface area contributed by atoms with Gasteiger partial charge in [-0.2, -0.15) is 0 Å². The summed E-state index contributed by atoms with van der Waals surface area (Å²) < 4.78 is 5.19. The van der Waals surface area contributed by atoms with E-state index in [1.54, 1.807) is 0 Å². The fourth-order valence-electron chi connectivity index (χ4n) is 4.27. The number of carbonyl (C=O) groups excluding carboxylic acids is 1. The highest BCUT2D eigenvalue weighted by Gasteiger charge is 2.45. The van der Waals surface area contributed by atoms with E-state index in [1.165, 1.54) is 52.1 Å². The molecule has 2 fully saturated rings. The van der Waals surface area contributed by atoms with E-state index >= 15 is 0 Å². The highest BCUT2D eigenvalue weighted by molar-refractivity contribution is 5.81. The number of carbonyl (C=O) groups is 1. The van der Waals surface area contributed by atoms with Crippen LogP contribution < -0.4 is 5.32 Å². The summed E-state index contributed by atoms with van der Waals surface area (Å²) in [5.74, 6) is 1.25. The summed E-state index contributed by atoms with van der Waals surface area (Å²) in [6.07, 6.45) is 12.0. The van der Waals surface area contributed by atoms with E-state index in [4.69, 9.17) is 4.74 Å². The smallest absolute Gasteiger partial charge is 0.326 e. The molecule has 2 unspecified atom stereocenters. The van der Waals surface area contributed by atoms with E-state index in [9.17, 15) is 4.79 Å². The maximum atomic E-state index is 12.5. The van der Waals surface area contributed by atoms with Gasteiger partial charge in [0.1, 0.15) is 5.54 Å². The van der Waals surface area contributed by atoms with Crippen molar-refractivity contribution in [3.63, 3.8) is 0 Å². The van der Waals surface area contributed by atoms with Crippen LogP contribution in [0.25, 0.3) is 0 Å². The van der Waals surface area contributed by atoms with Crippen molar-refractivity contribution in [1.29, 1.82) is 0 Å². The first-order valence-corrected chi connectivity index (χ1v) is 8.93. The molecule has 0 amide bonds. The van der Waals surface area contributed by atoms with Crippen LogP contribution in [0.5, 0.6) is 0 Å². The van der Waals surface area contributed by atoms with Crippen LogP contribution in [0.4, 0.5) is 0 Å². The summed E-state index contributed by atoms with van der Waals surface area (Å²) >= 11 is 0. The summed E-state index contributed by atoms with van der Waals surface area (Å²) in [6.45, 7) is 4.56. The molecule has 2 aliphatic carbocycles. The van der Waals surface area contributed by atoms with Crippen LogP contribution in [0, 0.1) is 11.8 Å². The summed E-state index contributed by atoms with van der Waals surface area (Å²) in [7, 11) is 1.54. The zero-order valence-corrected chi connectivity index (χ0v) is 14.1. The molecule has 0 aromatic heterocycles. The Morgan fingerprint density at radius 1 is 1.10 bits per heavy atom. The van der Waals surface area contributed by atoms with Crippen molar-refractivity contribution in [2.75, 3.05) is 7.11 Å².